The molecule has 1 rings (SSSR count). The van der Waals surface area contributed by atoms with E-state index in [-0.39, 0.29) is 11.1 Å². The summed E-state index contributed by atoms with van der Waals surface area (Å²) in [4.78, 5) is 12.7. The van der Waals surface area contributed by atoms with Crippen LogP contribution in [0.2, 0.25) is 0 Å². The minimum atomic E-state index is -0.465. The van der Waals surface area contributed by atoms with E-state index in [0.717, 1.165) is 19.0 Å². The number of hydrogen-bond donors (Lipinski definition) is 1. The number of nitro groups is 1. The summed E-state index contributed by atoms with van der Waals surface area (Å²) in [6, 6.07) is 3.59. The van der Waals surface area contributed by atoms with Crippen LogP contribution in [0.3, 0.4) is 0 Å². The van der Waals surface area contributed by atoms with Crippen molar-refractivity contribution in [3.63, 3.8) is 0 Å². The highest BCUT2D eigenvalue weighted by molar-refractivity contribution is 5.40. The maximum Gasteiger partial charge on any atom is 0.274 e. The Morgan fingerprint density at radius 3 is 2.62 bits per heavy atom. The standard InChI is InChI=1S/C15H24FN3O2/c1-4-7-18(11-15(2,3)10-17)9-12-8-13(16)5-6-14(12)19(20)21/h5-6,8H,4,7,9-11,17H2,1-3H3. The van der Waals surface area contributed by atoms with Crippen LogP contribution in [-0.4, -0.2) is 29.5 Å². The Hall–Kier alpha value is -1.53. The van der Waals surface area contributed by atoms with Gasteiger partial charge < -0.3 is 5.73 Å². The van der Waals surface area contributed by atoms with Gasteiger partial charge in [0.15, 0.2) is 0 Å². The smallest absolute Gasteiger partial charge is 0.274 e. The van der Waals surface area contributed by atoms with Crippen LogP contribution >= 0.6 is 0 Å². The molecule has 21 heavy (non-hydrogen) atoms. The first-order chi connectivity index (χ1) is 9.79. The molecule has 0 aliphatic rings. The lowest BCUT2D eigenvalue weighted by atomic mass is 9.92. The number of nitrogens with zero attached hydrogens (tertiary/aromatic N) is 2. The monoisotopic (exact) mass is 297 g/mol. The van der Waals surface area contributed by atoms with E-state index in [0.29, 0.717) is 25.2 Å². The van der Waals surface area contributed by atoms with Crippen LogP contribution in [0.1, 0.15) is 32.8 Å². The van der Waals surface area contributed by atoms with Gasteiger partial charge in [-0.2, -0.15) is 0 Å². The van der Waals surface area contributed by atoms with Gasteiger partial charge in [0.2, 0.25) is 0 Å². The van der Waals surface area contributed by atoms with Crippen LogP contribution in [0.25, 0.3) is 0 Å². The lowest BCUT2D eigenvalue weighted by Gasteiger charge is -2.31. The molecule has 0 aliphatic carbocycles. The quantitative estimate of drug-likeness (QED) is 0.591. The fourth-order valence-electron chi connectivity index (χ4n) is 2.30. The average Bonchev–Trinajstić information content (AvgIpc) is 2.38. The molecule has 0 saturated carbocycles. The minimum absolute atomic E-state index is 0.0388. The SMILES string of the molecule is CCCN(Cc1cc(F)ccc1[N+](=O)[O-])CC(C)(C)CN. The third-order valence-electron chi connectivity index (χ3n) is 3.38. The maximum atomic E-state index is 13.4. The highest BCUT2D eigenvalue weighted by Gasteiger charge is 2.23. The number of nitro benzene ring substituents is 1. The second-order valence-corrected chi connectivity index (χ2v) is 6.11. The number of rotatable bonds is 8. The summed E-state index contributed by atoms with van der Waals surface area (Å²) in [6.07, 6.45) is 0.920. The summed E-state index contributed by atoms with van der Waals surface area (Å²) >= 11 is 0. The molecule has 1 aromatic rings. The molecule has 0 spiro atoms. The van der Waals surface area contributed by atoms with Crippen molar-refractivity contribution in [3.8, 4) is 0 Å². The molecule has 0 atom stereocenters. The summed E-state index contributed by atoms with van der Waals surface area (Å²) in [5.74, 6) is -0.454. The van der Waals surface area contributed by atoms with Gasteiger partial charge >= 0.3 is 0 Å². The highest BCUT2D eigenvalue weighted by Crippen LogP contribution is 2.23. The van der Waals surface area contributed by atoms with Crippen LogP contribution < -0.4 is 5.73 Å². The van der Waals surface area contributed by atoms with Gasteiger partial charge in [-0.15, -0.1) is 0 Å². The molecule has 0 saturated heterocycles. The van der Waals surface area contributed by atoms with E-state index in [9.17, 15) is 14.5 Å². The summed E-state index contributed by atoms with van der Waals surface area (Å²) < 4.78 is 13.4. The molecule has 0 fully saturated rings. The zero-order chi connectivity index (χ0) is 16.0. The molecule has 118 valence electrons. The van der Waals surface area contributed by atoms with E-state index < -0.39 is 10.7 Å². The first kappa shape index (κ1) is 17.5. The Morgan fingerprint density at radius 2 is 2.10 bits per heavy atom. The summed E-state index contributed by atoms with van der Waals surface area (Å²) in [6.45, 7) is 8.53. The maximum absolute atomic E-state index is 13.4. The molecule has 0 amide bonds. The van der Waals surface area contributed by atoms with E-state index >= 15 is 0 Å². The molecule has 0 unspecified atom stereocenters. The fourth-order valence-corrected chi connectivity index (χ4v) is 2.30. The molecular formula is C15H24FN3O2. The zero-order valence-corrected chi connectivity index (χ0v) is 12.9. The van der Waals surface area contributed by atoms with E-state index in [1.807, 2.05) is 6.92 Å². The lowest BCUT2D eigenvalue weighted by Crippen LogP contribution is -2.38. The average molecular weight is 297 g/mol. The number of hydrogen-bond acceptors (Lipinski definition) is 4. The van der Waals surface area contributed by atoms with Gasteiger partial charge in [0.05, 0.1) is 4.92 Å². The zero-order valence-electron chi connectivity index (χ0n) is 12.9. The van der Waals surface area contributed by atoms with Crippen molar-refractivity contribution in [1.29, 1.82) is 0 Å². The Kier molecular flexibility index (Phi) is 6.23. The molecule has 0 aromatic heterocycles. The van der Waals surface area contributed by atoms with Gasteiger partial charge in [0, 0.05) is 24.7 Å². The first-order valence-electron chi connectivity index (χ1n) is 7.14. The molecule has 0 heterocycles. The van der Waals surface area contributed by atoms with Crippen molar-refractivity contribution in [1.82, 2.24) is 4.90 Å². The Labute approximate surface area is 125 Å². The van der Waals surface area contributed by atoms with Gasteiger partial charge in [-0.25, -0.2) is 4.39 Å². The molecule has 0 aliphatic heterocycles. The van der Waals surface area contributed by atoms with Gasteiger partial charge in [-0.05, 0) is 37.1 Å². The Morgan fingerprint density at radius 1 is 1.43 bits per heavy atom. The van der Waals surface area contributed by atoms with Crippen molar-refractivity contribution in [2.75, 3.05) is 19.6 Å². The topological polar surface area (TPSA) is 72.4 Å². The second kappa shape index (κ2) is 7.47. The van der Waals surface area contributed by atoms with Crippen molar-refractivity contribution < 1.29 is 9.31 Å². The van der Waals surface area contributed by atoms with Crippen LogP contribution in [0, 0.1) is 21.3 Å². The van der Waals surface area contributed by atoms with Crippen molar-refractivity contribution >= 4 is 5.69 Å². The number of nitrogens with two attached hydrogens (primary N) is 1. The first-order valence-corrected chi connectivity index (χ1v) is 7.14. The van der Waals surface area contributed by atoms with Crippen molar-refractivity contribution in [2.24, 2.45) is 11.1 Å². The minimum Gasteiger partial charge on any atom is -0.330 e. The Balaban J connectivity index is 2.98. The Bertz CT molecular complexity index is 492. The van der Waals surface area contributed by atoms with Gasteiger partial charge in [0.1, 0.15) is 5.82 Å². The number of benzene rings is 1. The van der Waals surface area contributed by atoms with E-state index in [1.165, 1.54) is 12.1 Å². The van der Waals surface area contributed by atoms with Crippen molar-refractivity contribution in [3.05, 3.63) is 39.7 Å². The van der Waals surface area contributed by atoms with Gasteiger partial charge in [-0.1, -0.05) is 20.8 Å². The summed E-state index contributed by atoms with van der Waals surface area (Å²) in [5, 5.41) is 11.1. The lowest BCUT2D eigenvalue weighted by molar-refractivity contribution is -0.385. The molecular weight excluding hydrogens is 273 g/mol. The highest BCUT2D eigenvalue weighted by atomic mass is 19.1. The largest absolute Gasteiger partial charge is 0.330 e. The van der Waals surface area contributed by atoms with Crippen LogP contribution in [0.4, 0.5) is 10.1 Å². The summed E-state index contributed by atoms with van der Waals surface area (Å²) in [5.41, 5.74) is 6.03. The van der Waals surface area contributed by atoms with Gasteiger partial charge in [0.25, 0.3) is 5.69 Å². The van der Waals surface area contributed by atoms with Crippen molar-refractivity contribution in [2.45, 2.75) is 33.7 Å². The molecule has 5 nitrogen and oxygen atoms in total. The molecule has 1 aromatic carbocycles. The molecule has 6 heteroatoms. The summed E-state index contributed by atoms with van der Waals surface area (Å²) in [7, 11) is 0. The predicted molar refractivity (Wildman–Crippen MR) is 81.5 cm³/mol. The van der Waals surface area contributed by atoms with Crippen LogP contribution in [-0.2, 0) is 6.54 Å². The third kappa shape index (κ3) is 5.40. The van der Waals surface area contributed by atoms with Gasteiger partial charge in [-0.3, -0.25) is 15.0 Å². The third-order valence-corrected chi connectivity index (χ3v) is 3.38. The molecule has 2 N–H and O–H groups in total. The van der Waals surface area contributed by atoms with E-state index in [4.69, 9.17) is 5.73 Å². The van der Waals surface area contributed by atoms with Crippen LogP contribution in [0.15, 0.2) is 18.2 Å². The van der Waals surface area contributed by atoms with E-state index in [2.05, 4.69) is 18.7 Å². The second-order valence-electron chi connectivity index (χ2n) is 6.11. The van der Waals surface area contributed by atoms with Crippen LogP contribution in [0.5, 0.6) is 0 Å². The fraction of sp³-hybridized carbons (Fsp3) is 0.600. The molecule has 0 radical (unpaired) electrons. The number of halogens is 1. The predicted octanol–water partition coefficient (Wildman–Crippen LogP) is 2.93. The normalized spacial score (nSPS) is 11.9. The molecule has 0 bridgehead atoms. The van der Waals surface area contributed by atoms with E-state index in [1.54, 1.807) is 0 Å².